The number of hydrogen-bond donors (Lipinski definition) is 2. The Hall–Kier alpha value is -2.64. The van der Waals surface area contributed by atoms with Crippen molar-refractivity contribution >= 4 is 40.1 Å². The second kappa shape index (κ2) is 7.08. The van der Waals surface area contributed by atoms with Gasteiger partial charge >= 0.3 is 0 Å². The molecule has 0 saturated carbocycles. The number of likely N-dealkylation sites (N-methyl/N-ethyl adjacent to an activating group) is 1. The van der Waals surface area contributed by atoms with Crippen LogP contribution in [0.1, 0.15) is 0 Å². The van der Waals surface area contributed by atoms with Gasteiger partial charge in [-0.3, -0.25) is 4.79 Å². The van der Waals surface area contributed by atoms with Crippen LogP contribution in [0.5, 0.6) is 0 Å². The number of allylic oxidation sites excluding steroid dienone is 3. The van der Waals surface area contributed by atoms with Crippen molar-refractivity contribution in [3.05, 3.63) is 47.3 Å². The zero-order chi connectivity index (χ0) is 18.0. The van der Waals surface area contributed by atoms with Crippen LogP contribution in [0.15, 0.2) is 52.3 Å². The van der Waals surface area contributed by atoms with Crippen LogP contribution in [0.2, 0.25) is 0 Å². The highest BCUT2D eigenvalue weighted by Gasteiger charge is 2.19. The average Bonchev–Trinajstić information content (AvgIpc) is 2.90. The Morgan fingerprint density at radius 2 is 2.16 bits per heavy atom. The van der Waals surface area contributed by atoms with E-state index in [2.05, 4.69) is 20.3 Å². The molecule has 2 aromatic heterocycles. The van der Waals surface area contributed by atoms with Crippen molar-refractivity contribution < 1.29 is 9.90 Å². The van der Waals surface area contributed by atoms with Gasteiger partial charge in [0.25, 0.3) is 0 Å². The minimum absolute atomic E-state index is 0.0805. The highest BCUT2D eigenvalue weighted by molar-refractivity contribution is 6.52. The third-order valence-electron chi connectivity index (χ3n) is 3.63. The van der Waals surface area contributed by atoms with Gasteiger partial charge in [0.05, 0.1) is 10.5 Å². The fourth-order valence-corrected chi connectivity index (χ4v) is 2.51. The van der Waals surface area contributed by atoms with Gasteiger partial charge in [-0.05, 0) is 32.3 Å². The molecule has 2 heterocycles. The molecule has 2 aromatic rings. The predicted molar refractivity (Wildman–Crippen MR) is 99.0 cm³/mol. The summed E-state index contributed by atoms with van der Waals surface area (Å²) in [5, 5.41) is 17.4. The number of aliphatic hydroxyl groups is 1. The van der Waals surface area contributed by atoms with E-state index in [0.717, 1.165) is 18.1 Å². The molecule has 0 unspecified atom stereocenters. The summed E-state index contributed by atoms with van der Waals surface area (Å²) in [4.78, 5) is 18.6. The zero-order valence-electron chi connectivity index (χ0n) is 13.9. The number of anilines is 1. The zero-order valence-corrected chi connectivity index (χ0v) is 14.7. The lowest BCUT2D eigenvalue weighted by Gasteiger charge is -2.10. The first-order valence-corrected chi connectivity index (χ1v) is 8.10. The molecule has 3 rings (SSSR count). The molecule has 1 aliphatic carbocycles. The number of ketones is 1. The molecular weight excluding hydrogens is 342 g/mol. The Kier molecular flexibility index (Phi) is 4.87. The van der Waals surface area contributed by atoms with Gasteiger partial charge in [-0.25, -0.2) is 9.51 Å². The average molecular weight is 360 g/mol. The van der Waals surface area contributed by atoms with Crippen LogP contribution < -0.4 is 5.32 Å². The van der Waals surface area contributed by atoms with Crippen LogP contribution in [0.4, 0.5) is 11.5 Å². The number of aliphatic imine (C=N–C) groups is 1. The van der Waals surface area contributed by atoms with Crippen molar-refractivity contribution in [1.29, 1.82) is 0 Å². The summed E-state index contributed by atoms with van der Waals surface area (Å²) in [5.74, 6) is -0.0807. The van der Waals surface area contributed by atoms with E-state index in [1.54, 1.807) is 4.52 Å². The van der Waals surface area contributed by atoms with Gasteiger partial charge in [0.1, 0.15) is 17.2 Å². The standard InChI is InChI=1S/C17H18ClN5O2/c1-22(2)8-6-19-17-16(13-5-3-4-7-23(13)21-17)20-12-9-11(18)14(24)10-15(12)25/h3-5,7,9-10,24H,6,8H2,1-2H3,(H,19,21). The second-order valence-electron chi connectivity index (χ2n) is 5.84. The number of rotatable bonds is 5. The van der Waals surface area contributed by atoms with Gasteiger partial charge in [0.15, 0.2) is 5.82 Å². The summed E-state index contributed by atoms with van der Waals surface area (Å²) < 4.78 is 1.70. The third kappa shape index (κ3) is 3.72. The van der Waals surface area contributed by atoms with Crippen molar-refractivity contribution in [2.45, 2.75) is 0 Å². The minimum Gasteiger partial charge on any atom is -0.506 e. The molecule has 130 valence electrons. The quantitative estimate of drug-likeness (QED) is 0.802. The van der Waals surface area contributed by atoms with Crippen LogP contribution in [0.25, 0.3) is 5.52 Å². The van der Waals surface area contributed by atoms with Gasteiger partial charge in [0.2, 0.25) is 5.78 Å². The largest absolute Gasteiger partial charge is 0.506 e. The highest BCUT2D eigenvalue weighted by Crippen LogP contribution is 2.31. The Morgan fingerprint density at radius 1 is 1.36 bits per heavy atom. The van der Waals surface area contributed by atoms with Crippen molar-refractivity contribution in [2.24, 2.45) is 4.99 Å². The number of pyridine rings is 1. The van der Waals surface area contributed by atoms with E-state index in [0.29, 0.717) is 18.1 Å². The first-order chi connectivity index (χ1) is 12.0. The monoisotopic (exact) mass is 359 g/mol. The number of halogens is 1. The van der Waals surface area contributed by atoms with Crippen LogP contribution in [0, 0.1) is 0 Å². The van der Waals surface area contributed by atoms with Gasteiger partial charge < -0.3 is 15.3 Å². The van der Waals surface area contributed by atoms with Gasteiger partial charge in [-0.1, -0.05) is 17.7 Å². The lowest BCUT2D eigenvalue weighted by Crippen LogP contribution is -2.21. The second-order valence-corrected chi connectivity index (χ2v) is 6.25. The Bertz CT molecular complexity index is 911. The molecule has 0 spiro atoms. The summed E-state index contributed by atoms with van der Waals surface area (Å²) in [6, 6.07) is 5.61. The predicted octanol–water partition coefficient (Wildman–Crippen LogP) is 2.53. The van der Waals surface area contributed by atoms with E-state index in [1.807, 2.05) is 38.5 Å². The molecule has 8 heteroatoms. The van der Waals surface area contributed by atoms with E-state index < -0.39 is 5.78 Å². The Morgan fingerprint density at radius 3 is 2.92 bits per heavy atom. The van der Waals surface area contributed by atoms with Crippen molar-refractivity contribution in [2.75, 3.05) is 32.5 Å². The Balaban J connectivity index is 2.02. The van der Waals surface area contributed by atoms with E-state index in [-0.39, 0.29) is 16.5 Å². The lowest BCUT2D eigenvalue weighted by atomic mass is 10.1. The molecule has 0 radical (unpaired) electrons. The number of fused-ring (bicyclic) bond motifs is 1. The SMILES string of the molecule is CN(C)CCNc1nn2ccccc2c1N=C1C=C(Cl)C(O)=CC1=O. The molecule has 0 aromatic carbocycles. The van der Waals surface area contributed by atoms with Crippen LogP contribution in [-0.2, 0) is 4.79 Å². The molecule has 0 aliphatic heterocycles. The summed E-state index contributed by atoms with van der Waals surface area (Å²) >= 11 is 5.91. The summed E-state index contributed by atoms with van der Waals surface area (Å²) in [5.41, 5.74) is 1.47. The number of aromatic nitrogens is 2. The molecular formula is C17H18ClN5O2. The number of aliphatic hydroxyl groups excluding tert-OH is 1. The fourth-order valence-electron chi connectivity index (χ4n) is 2.35. The summed E-state index contributed by atoms with van der Waals surface area (Å²) in [7, 11) is 3.97. The molecule has 2 N–H and O–H groups in total. The van der Waals surface area contributed by atoms with Crippen molar-refractivity contribution in [3.8, 4) is 0 Å². The number of hydrogen-bond acceptors (Lipinski definition) is 6. The maximum atomic E-state index is 12.1. The van der Waals surface area contributed by atoms with E-state index in [1.165, 1.54) is 6.08 Å². The highest BCUT2D eigenvalue weighted by atomic mass is 35.5. The molecule has 25 heavy (non-hydrogen) atoms. The van der Waals surface area contributed by atoms with Gasteiger partial charge in [-0.15, -0.1) is 5.10 Å². The Labute approximate surface area is 149 Å². The molecule has 0 fully saturated rings. The molecule has 0 bridgehead atoms. The molecule has 7 nitrogen and oxygen atoms in total. The normalized spacial score (nSPS) is 16.5. The molecule has 0 saturated heterocycles. The summed E-state index contributed by atoms with van der Waals surface area (Å²) in [6.07, 6.45) is 4.23. The van der Waals surface area contributed by atoms with Crippen LogP contribution >= 0.6 is 11.6 Å². The number of carbonyl (C=O) groups is 1. The fraction of sp³-hybridized carbons (Fsp3) is 0.235. The van der Waals surface area contributed by atoms with E-state index in [4.69, 9.17) is 11.6 Å². The molecule has 1 aliphatic rings. The third-order valence-corrected chi connectivity index (χ3v) is 3.93. The molecule has 0 atom stereocenters. The topological polar surface area (TPSA) is 82.2 Å². The maximum absolute atomic E-state index is 12.1. The maximum Gasteiger partial charge on any atom is 0.207 e. The van der Waals surface area contributed by atoms with Crippen molar-refractivity contribution in [1.82, 2.24) is 14.5 Å². The first kappa shape index (κ1) is 17.2. The summed E-state index contributed by atoms with van der Waals surface area (Å²) in [6.45, 7) is 1.51. The van der Waals surface area contributed by atoms with Crippen LogP contribution in [0.3, 0.4) is 0 Å². The van der Waals surface area contributed by atoms with Gasteiger partial charge in [-0.2, -0.15) is 0 Å². The van der Waals surface area contributed by atoms with Crippen LogP contribution in [-0.4, -0.2) is 58.3 Å². The van der Waals surface area contributed by atoms with Crippen molar-refractivity contribution in [3.63, 3.8) is 0 Å². The van der Waals surface area contributed by atoms with Gasteiger partial charge in [0, 0.05) is 25.4 Å². The van der Waals surface area contributed by atoms with E-state index in [9.17, 15) is 9.90 Å². The minimum atomic E-state index is -0.406. The number of nitrogens with one attached hydrogen (secondary N) is 1. The lowest BCUT2D eigenvalue weighted by molar-refractivity contribution is -0.109. The first-order valence-electron chi connectivity index (χ1n) is 7.73. The smallest absolute Gasteiger partial charge is 0.207 e. The molecule has 0 amide bonds. The number of carbonyl (C=O) groups excluding carboxylic acids is 1. The number of nitrogens with zero attached hydrogens (tertiary/aromatic N) is 4. The van der Waals surface area contributed by atoms with E-state index >= 15 is 0 Å².